The first kappa shape index (κ1) is 25.4. The lowest BCUT2D eigenvalue weighted by Crippen LogP contribution is -2.38. The van der Waals surface area contributed by atoms with Crippen molar-refractivity contribution in [3.8, 4) is 22.5 Å². The highest BCUT2D eigenvalue weighted by Crippen LogP contribution is 2.51. The number of anilines is 2. The third kappa shape index (κ3) is 4.77. The molecular weight excluding hydrogens is 502 g/mol. The van der Waals surface area contributed by atoms with Crippen LogP contribution in [0.2, 0.25) is 0 Å². The van der Waals surface area contributed by atoms with Crippen LogP contribution < -0.4 is 4.90 Å². The van der Waals surface area contributed by atoms with Gasteiger partial charge in [0.2, 0.25) is 0 Å². The van der Waals surface area contributed by atoms with Crippen molar-refractivity contribution in [2.75, 3.05) is 4.90 Å². The summed E-state index contributed by atoms with van der Waals surface area (Å²) in [5.74, 6) is 0. The van der Waals surface area contributed by atoms with Crippen molar-refractivity contribution in [3.63, 3.8) is 0 Å². The van der Waals surface area contributed by atoms with Crippen molar-refractivity contribution in [3.05, 3.63) is 84.2 Å². The van der Waals surface area contributed by atoms with Crippen LogP contribution in [0.25, 0.3) is 22.5 Å². The maximum Gasteiger partial charge on any atom is 0.286 e. The van der Waals surface area contributed by atoms with Crippen LogP contribution in [0.4, 0.5) is 11.4 Å². The van der Waals surface area contributed by atoms with Gasteiger partial charge in [-0.05, 0) is 66.8 Å². The molecule has 0 saturated carbocycles. The standard InChI is InChI=1S/C29H29N3O3S2/c1-4-19-9-7-15-30-28(19)21-12-14-25-24(17-21)32(27(6-3)37(33,34)35)23-13-11-22(18-26(23)36-25)29-20(5-2)10-8-16-31-29/h7-18,27H,4-6H2,1-3H3,(H,33,34,35). The second-order valence-corrected chi connectivity index (χ2v) is 11.6. The molecule has 3 heterocycles. The number of rotatable bonds is 7. The highest BCUT2D eigenvalue weighted by molar-refractivity contribution is 7.99. The van der Waals surface area contributed by atoms with Gasteiger partial charge in [0.05, 0.1) is 22.8 Å². The van der Waals surface area contributed by atoms with Gasteiger partial charge in [0.25, 0.3) is 10.1 Å². The van der Waals surface area contributed by atoms with Crippen LogP contribution in [0.15, 0.2) is 82.8 Å². The first-order valence-corrected chi connectivity index (χ1v) is 14.8. The van der Waals surface area contributed by atoms with E-state index in [4.69, 9.17) is 0 Å². The van der Waals surface area contributed by atoms with Gasteiger partial charge in [-0.1, -0.05) is 56.8 Å². The Morgan fingerprint density at radius 1 is 0.811 bits per heavy atom. The Kier molecular flexibility index (Phi) is 7.07. The average molecular weight is 532 g/mol. The summed E-state index contributed by atoms with van der Waals surface area (Å²) in [5.41, 5.74) is 7.44. The Labute approximate surface area is 222 Å². The van der Waals surface area contributed by atoms with Crippen LogP contribution in [-0.2, 0) is 23.0 Å². The molecule has 2 aromatic heterocycles. The molecule has 2 aromatic carbocycles. The van der Waals surface area contributed by atoms with E-state index in [1.165, 1.54) is 0 Å². The first-order valence-electron chi connectivity index (χ1n) is 12.5. The zero-order valence-electron chi connectivity index (χ0n) is 21.0. The third-order valence-corrected chi connectivity index (χ3v) is 9.07. The van der Waals surface area contributed by atoms with E-state index >= 15 is 0 Å². The number of aryl methyl sites for hydroxylation is 2. The summed E-state index contributed by atoms with van der Waals surface area (Å²) >= 11 is 1.59. The molecule has 5 rings (SSSR count). The van der Waals surface area contributed by atoms with Crippen molar-refractivity contribution >= 4 is 33.3 Å². The molecule has 0 fully saturated rings. The Morgan fingerprint density at radius 3 is 1.97 bits per heavy atom. The topological polar surface area (TPSA) is 83.4 Å². The fourth-order valence-electron chi connectivity index (χ4n) is 4.93. The minimum Gasteiger partial charge on any atom is -0.320 e. The van der Waals surface area contributed by atoms with Crippen LogP contribution in [-0.4, -0.2) is 28.3 Å². The number of pyridine rings is 2. The summed E-state index contributed by atoms with van der Waals surface area (Å²) in [5, 5.41) is -1.12. The van der Waals surface area contributed by atoms with Crippen molar-refractivity contribution in [2.45, 2.75) is 55.2 Å². The number of hydrogen-bond acceptors (Lipinski definition) is 6. The van der Waals surface area contributed by atoms with Gasteiger partial charge in [-0.2, -0.15) is 8.42 Å². The van der Waals surface area contributed by atoms with Gasteiger partial charge in [-0.15, -0.1) is 0 Å². The SMILES string of the molecule is CCc1cccnc1-c1ccc2c(c1)Sc1ccc(-c3ncccc3CC)cc1N2C(CC)S(=O)(=O)O. The number of fused-ring (bicyclic) bond motifs is 2. The maximum atomic E-state index is 12.6. The third-order valence-electron chi connectivity index (χ3n) is 6.73. The molecular formula is C29H29N3O3S2. The zero-order valence-corrected chi connectivity index (χ0v) is 22.7. The van der Waals surface area contributed by atoms with E-state index < -0.39 is 15.5 Å². The summed E-state index contributed by atoms with van der Waals surface area (Å²) in [6.45, 7) is 5.96. The molecule has 0 spiro atoms. The molecule has 4 aromatic rings. The van der Waals surface area contributed by atoms with Crippen LogP contribution in [0.1, 0.15) is 38.3 Å². The quantitative estimate of drug-likeness (QED) is 0.253. The minimum atomic E-state index is -4.37. The molecule has 6 nitrogen and oxygen atoms in total. The van der Waals surface area contributed by atoms with Crippen LogP contribution >= 0.6 is 11.8 Å². The fraction of sp³-hybridized carbons (Fsp3) is 0.241. The normalized spacial score (nSPS) is 13.7. The Morgan fingerprint density at radius 2 is 1.41 bits per heavy atom. The van der Waals surface area contributed by atoms with Crippen molar-refractivity contribution < 1.29 is 13.0 Å². The first-order chi connectivity index (χ1) is 17.9. The Balaban J connectivity index is 1.69. The van der Waals surface area contributed by atoms with Crippen LogP contribution in [0, 0.1) is 0 Å². The monoisotopic (exact) mass is 531 g/mol. The predicted octanol–water partition coefficient (Wildman–Crippen LogP) is 7.16. The number of benzene rings is 2. The molecule has 1 N–H and O–H groups in total. The predicted molar refractivity (Wildman–Crippen MR) is 150 cm³/mol. The second kappa shape index (κ2) is 10.3. The van der Waals surface area contributed by atoms with Gasteiger partial charge in [-0.3, -0.25) is 14.5 Å². The molecule has 1 aliphatic heterocycles. The summed E-state index contributed by atoms with van der Waals surface area (Å²) in [4.78, 5) is 12.8. The van der Waals surface area contributed by atoms with Gasteiger partial charge < -0.3 is 4.90 Å². The molecule has 1 unspecified atom stereocenters. The van der Waals surface area contributed by atoms with Gasteiger partial charge in [0.1, 0.15) is 0 Å². The molecule has 1 aliphatic rings. The average Bonchev–Trinajstić information content (AvgIpc) is 2.91. The van der Waals surface area contributed by atoms with Crippen LogP contribution in [0.3, 0.4) is 0 Å². The molecule has 1 atom stereocenters. The summed E-state index contributed by atoms with van der Waals surface area (Å²) < 4.78 is 35.4. The molecule has 8 heteroatoms. The number of aromatic nitrogens is 2. The zero-order chi connectivity index (χ0) is 26.2. The van der Waals surface area contributed by atoms with Gasteiger partial charge in [0.15, 0.2) is 5.37 Å². The highest BCUT2D eigenvalue weighted by Gasteiger charge is 2.35. The van der Waals surface area contributed by atoms with E-state index in [1.54, 1.807) is 36.0 Å². The van der Waals surface area contributed by atoms with Gasteiger partial charge in [0, 0.05) is 33.3 Å². The maximum absolute atomic E-state index is 12.6. The van der Waals surface area contributed by atoms with E-state index in [1.807, 2.05) is 42.5 Å². The van der Waals surface area contributed by atoms with Crippen molar-refractivity contribution in [2.24, 2.45) is 0 Å². The van der Waals surface area contributed by atoms with Crippen molar-refractivity contribution in [1.82, 2.24) is 9.97 Å². The van der Waals surface area contributed by atoms with Crippen molar-refractivity contribution in [1.29, 1.82) is 0 Å². The van der Waals surface area contributed by atoms with E-state index in [2.05, 4.69) is 42.0 Å². The molecule has 0 saturated heterocycles. The summed E-state index contributed by atoms with van der Waals surface area (Å²) in [7, 11) is -4.37. The van der Waals surface area contributed by atoms with E-state index in [9.17, 15) is 13.0 Å². The van der Waals surface area contributed by atoms with E-state index in [-0.39, 0.29) is 6.42 Å². The molecule has 0 amide bonds. The molecule has 190 valence electrons. The lowest BCUT2D eigenvalue weighted by atomic mass is 10.0. The van der Waals surface area contributed by atoms with E-state index in [0.717, 1.165) is 67.6 Å². The lowest BCUT2D eigenvalue weighted by Gasteiger charge is -2.37. The number of hydrogen-bond donors (Lipinski definition) is 1. The fourth-order valence-corrected chi connectivity index (χ4v) is 6.94. The molecule has 37 heavy (non-hydrogen) atoms. The van der Waals surface area contributed by atoms with Crippen LogP contribution in [0.5, 0.6) is 0 Å². The molecule has 0 aliphatic carbocycles. The van der Waals surface area contributed by atoms with Gasteiger partial charge in [-0.25, -0.2) is 0 Å². The van der Waals surface area contributed by atoms with E-state index in [0.29, 0.717) is 0 Å². The molecule has 0 bridgehead atoms. The largest absolute Gasteiger partial charge is 0.320 e. The minimum absolute atomic E-state index is 0.221. The summed E-state index contributed by atoms with van der Waals surface area (Å²) in [6.07, 6.45) is 5.47. The van der Waals surface area contributed by atoms with Gasteiger partial charge >= 0.3 is 0 Å². The summed E-state index contributed by atoms with van der Waals surface area (Å²) in [6, 6.07) is 20.0. The Hall–Kier alpha value is -3.20. The smallest absolute Gasteiger partial charge is 0.286 e. The second-order valence-electron chi connectivity index (χ2n) is 8.94. The molecule has 0 radical (unpaired) electrons. The Bertz CT molecular complexity index is 1570. The highest BCUT2D eigenvalue weighted by atomic mass is 32.2. The lowest BCUT2D eigenvalue weighted by molar-refractivity contribution is 0.464. The number of nitrogens with zero attached hydrogens (tertiary/aromatic N) is 3.